The summed E-state index contributed by atoms with van der Waals surface area (Å²) in [4.78, 5) is 13.5. The van der Waals surface area contributed by atoms with Gasteiger partial charge < -0.3 is 10.2 Å². The van der Waals surface area contributed by atoms with E-state index in [4.69, 9.17) is 14.8 Å². The molecule has 14 heavy (non-hydrogen) atoms. The number of rotatable bonds is 2. The van der Waals surface area contributed by atoms with Crippen LogP contribution in [0.4, 0.5) is 0 Å². The predicted molar refractivity (Wildman–Crippen MR) is 42.7 cm³/mol. The van der Waals surface area contributed by atoms with Crippen LogP contribution in [-0.2, 0) is 10.1 Å². The van der Waals surface area contributed by atoms with E-state index in [1.165, 1.54) is 0 Å². The molecule has 76 valence electrons. The Morgan fingerprint density at radius 1 is 1.36 bits per heavy atom. The van der Waals surface area contributed by atoms with E-state index in [1.54, 1.807) is 0 Å². The number of nitrogens with zero attached hydrogens (tertiary/aromatic N) is 1. The Balaban J connectivity index is 3.42. The van der Waals surface area contributed by atoms with E-state index >= 15 is 0 Å². The molecule has 0 aliphatic heterocycles. The average molecular weight is 219 g/mol. The molecular formula is C6H5NO6S. The molecule has 1 heterocycles. The first-order valence-corrected chi connectivity index (χ1v) is 4.67. The van der Waals surface area contributed by atoms with Crippen LogP contribution in [-0.4, -0.2) is 34.1 Å². The van der Waals surface area contributed by atoms with Gasteiger partial charge in [0.15, 0.2) is 10.7 Å². The molecule has 1 aromatic rings. The summed E-state index contributed by atoms with van der Waals surface area (Å²) in [6.45, 7) is 0. The van der Waals surface area contributed by atoms with Crippen molar-refractivity contribution in [1.82, 2.24) is 4.98 Å². The van der Waals surface area contributed by atoms with E-state index in [9.17, 15) is 13.2 Å². The monoisotopic (exact) mass is 219 g/mol. The van der Waals surface area contributed by atoms with E-state index in [2.05, 4.69) is 4.98 Å². The third kappa shape index (κ3) is 1.98. The van der Waals surface area contributed by atoms with Crippen LogP contribution in [0.1, 0.15) is 10.5 Å². The quantitative estimate of drug-likeness (QED) is 0.584. The molecule has 0 unspecified atom stereocenters. The van der Waals surface area contributed by atoms with Crippen LogP contribution < -0.4 is 0 Å². The fourth-order valence-corrected chi connectivity index (χ4v) is 1.18. The molecule has 0 spiro atoms. The Labute approximate surface area is 78.4 Å². The minimum absolute atomic E-state index is 0.676. The van der Waals surface area contributed by atoms with Crippen molar-refractivity contribution in [2.45, 2.75) is 5.03 Å². The lowest BCUT2D eigenvalue weighted by atomic mass is 10.3. The van der Waals surface area contributed by atoms with E-state index in [0.717, 1.165) is 12.1 Å². The third-order valence-electron chi connectivity index (χ3n) is 1.32. The minimum Gasteiger partial charge on any atom is -0.505 e. The fourth-order valence-electron chi connectivity index (χ4n) is 0.735. The molecule has 0 bridgehead atoms. The molecule has 0 saturated carbocycles. The Morgan fingerprint density at radius 3 is 2.36 bits per heavy atom. The fraction of sp³-hybridized carbons (Fsp3) is 0. The first-order chi connectivity index (χ1) is 6.32. The number of hydrogen-bond acceptors (Lipinski definition) is 5. The van der Waals surface area contributed by atoms with Crippen molar-refractivity contribution in [2.24, 2.45) is 0 Å². The average Bonchev–Trinajstić information content (AvgIpc) is 2.02. The normalized spacial score (nSPS) is 11.2. The molecule has 7 nitrogen and oxygen atoms in total. The van der Waals surface area contributed by atoms with Gasteiger partial charge in [0.05, 0.1) is 0 Å². The van der Waals surface area contributed by atoms with Crippen molar-refractivity contribution in [3.8, 4) is 5.75 Å². The van der Waals surface area contributed by atoms with E-state index in [0.29, 0.717) is 0 Å². The second kappa shape index (κ2) is 3.24. The summed E-state index contributed by atoms with van der Waals surface area (Å²) in [6, 6.07) is 1.61. The standard InChI is InChI=1S/C6H5NO6S/c8-3-1-2-4(14(11,12)13)7-5(3)6(9)10/h1-2,8H,(H,9,10)(H,11,12,13). The largest absolute Gasteiger partial charge is 0.505 e. The SMILES string of the molecule is O=C(O)c1nc(S(=O)(=O)O)ccc1O. The Bertz CT molecular complexity index is 479. The van der Waals surface area contributed by atoms with Crippen LogP contribution in [0.3, 0.4) is 0 Å². The van der Waals surface area contributed by atoms with Gasteiger partial charge >= 0.3 is 16.1 Å². The van der Waals surface area contributed by atoms with Crippen molar-refractivity contribution >= 4 is 16.1 Å². The second-order valence-corrected chi connectivity index (χ2v) is 3.67. The van der Waals surface area contributed by atoms with Crippen LogP contribution in [0, 0.1) is 0 Å². The lowest BCUT2D eigenvalue weighted by Crippen LogP contribution is -2.07. The van der Waals surface area contributed by atoms with Crippen LogP contribution in [0.25, 0.3) is 0 Å². The van der Waals surface area contributed by atoms with Gasteiger partial charge in [-0.2, -0.15) is 8.42 Å². The maximum Gasteiger partial charge on any atom is 0.358 e. The minimum atomic E-state index is -4.56. The number of carboxylic acid groups (broad SMARTS) is 1. The smallest absolute Gasteiger partial charge is 0.358 e. The highest BCUT2D eigenvalue weighted by atomic mass is 32.2. The summed E-state index contributed by atoms with van der Waals surface area (Å²) in [7, 11) is -4.56. The molecule has 1 aromatic heterocycles. The van der Waals surface area contributed by atoms with Gasteiger partial charge in [-0.3, -0.25) is 4.55 Å². The maximum atomic E-state index is 10.5. The molecular weight excluding hydrogens is 214 g/mol. The summed E-state index contributed by atoms with van der Waals surface area (Å²) < 4.78 is 29.6. The first-order valence-electron chi connectivity index (χ1n) is 3.23. The molecule has 1 rings (SSSR count). The van der Waals surface area contributed by atoms with Crippen molar-refractivity contribution in [3.63, 3.8) is 0 Å². The summed E-state index contributed by atoms with van der Waals surface area (Å²) in [6.07, 6.45) is 0. The van der Waals surface area contributed by atoms with Crippen LogP contribution >= 0.6 is 0 Å². The van der Waals surface area contributed by atoms with Gasteiger partial charge in [0.25, 0.3) is 0 Å². The van der Waals surface area contributed by atoms with E-state index < -0.39 is 32.6 Å². The van der Waals surface area contributed by atoms with Crippen LogP contribution in [0.15, 0.2) is 17.2 Å². The predicted octanol–water partition coefficient (Wildman–Crippen LogP) is -0.268. The second-order valence-electron chi connectivity index (χ2n) is 2.30. The van der Waals surface area contributed by atoms with Crippen LogP contribution in [0.2, 0.25) is 0 Å². The van der Waals surface area contributed by atoms with Gasteiger partial charge in [0.1, 0.15) is 5.75 Å². The number of aromatic nitrogens is 1. The number of hydrogen-bond donors (Lipinski definition) is 3. The Morgan fingerprint density at radius 2 is 1.93 bits per heavy atom. The summed E-state index contributed by atoms with van der Waals surface area (Å²) in [5.74, 6) is -2.27. The Hall–Kier alpha value is -1.67. The molecule has 0 aliphatic carbocycles. The molecule has 0 saturated heterocycles. The number of aromatic hydroxyl groups is 1. The number of carboxylic acids is 1. The lowest BCUT2D eigenvalue weighted by molar-refractivity contribution is 0.0686. The molecule has 8 heteroatoms. The maximum absolute atomic E-state index is 10.5. The summed E-state index contributed by atoms with van der Waals surface area (Å²) in [5.41, 5.74) is -0.833. The van der Waals surface area contributed by atoms with Gasteiger partial charge in [-0.1, -0.05) is 0 Å². The summed E-state index contributed by atoms with van der Waals surface area (Å²) >= 11 is 0. The highest BCUT2D eigenvalue weighted by Crippen LogP contribution is 2.16. The topological polar surface area (TPSA) is 125 Å². The lowest BCUT2D eigenvalue weighted by Gasteiger charge is -2.00. The van der Waals surface area contributed by atoms with Gasteiger partial charge in [-0.05, 0) is 12.1 Å². The first kappa shape index (κ1) is 10.4. The molecule has 0 amide bonds. The van der Waals surface area contributed by atoms with E-state index in [-0.39, 0.29) is 0 Å². The van der Waals surface area contributed by atoms with Crippen molar-refractivity contribution in [1.29, 1.82) is 0 Å². The number of pyridine rings is 1. The molecule has 0 aromatic carbocycles. The van der Waals surface area contributed by atoms with Crippen molar-refractivity contribution in [2.75, 3.05) is 0 Å². The van der Waals surface area contributed by atoms with Gasteiger partial charge in [0, 0.05) is 0 Å². The number of carbonyl (C=O) groups is 1. The van der Waals surface area contributed by atoms with Gasteiger partial charge in [-0.15, -0.1) is 0 Å². The highest BCUT2D eigenvalue weighted by Gasteiger charge is 2.18. The summed E-state index contributed by atoms with van der Waals surface area (Å²) in [5, 5.41) is 16.6. The van der Waals surface area contributed by atoms with E-state index in [1.807, 2.05) is 0 Å². The van der Waals surface area contributed by atoms with Gasteiger partial charge in [0.2, 0.25) is 0 Å². The third-order valence-corrected chi connectivity index (χ3v) is 2.07. The molecule has 3 N–H and O–H groups in total. The van der Waals surface area contributed by atoms with Crippen LogP contribution in [0.5, 0.6) is 5.75 Å². The molecule has 0 radical (unpaired) electrons. The Kier molecular flexibility index (Phi) is 2.41. The van der Waals surface area contributed by atoms with Gasteiger partial charge in [-0.25, -0.2) is 9.78 Å². The molecule has 0 atom stereocenters. The van der Waals surface area contributed by atoms with Crippen molar-refractivity contribution in [3.05, 3.63) is 17.8 Å². The zero-order valence-electron chi connectivity index (χ0n) is 6.58. The molecule has 0 fully saturated rings. The number of aromatic carboxylic acids is 1. The van der Waals surface area contributed by atoms with Crippen molar-refractivity contribution < 1.29 is 28.0 Å². The highest BCUT2D eigenvalue weighted by molar-refractivity contribution is 7.85. The molecule has 0 aliphatic rings. The zero-order valence-corrected chi connectivity index (χ0v) is 7.39. The zero-order chi connectivity index (χ0) is 10.9.